The zero-order valence-electron chi connectivity index (χ0n) is 10.0. The van der Waals surface area contributed by atoms with Crippen LogP contribution in [-0.4, -0.2) is 25.7 Å². The second-order valence-corrected chi connectivity index (χ2v) is 8.71. The van der Waals surface area contributed by atoms with Crippen LogP contribution in [-0.2, 0) is 10.0 Å². The predicted octanol–water partition coefficient (Wildman–Crippen LogP) is 2.99. The molecule has 0 unspecified atom stereocenters. The highest BCUT2D eigenvalue weighted by molar-refractivity contribution is 9.11. The van der Waals surface area contributed by atoms with Gasteiger partial charge in [0.2, 0.25) is 10.0 Å². The molecule has 0 atom stereocenters. The third kappa shape index (κ3) is 3.91. The molecule has 18 heavy (non-hydrogen) atoms. The van der Waals surface area contributed by atoms with Crippen molar-refractivity contribution in [3.8, 4) is 0 Å². The second kappa shape index (κ2) is 6.19. The van der Waals surface area contributed by atoms with Gasteiger partial charge in [0.15, 0.2) is 0 Å². The molecule has 0 aliphatic rings. The van der Waals surface area contributed by atoms with Crippen LogP contribution in [0.3, 0.4) is 0 Å². The highest BCUT2D eigenvalue weighted by Gasteiger charge is 2.26. The molecule has 0 saturated carbocycles. The van der Waals surface area contributed by atoms with Crippen LogP contribution in [0.5, 0.6) is 0 Å². The lowest BCUT2D eigenvalue weighted by molar-refractivity contribution is 0.0377. The van der Waals surface area contributed by atoms with Crippen molar-refractivity contribution in [2.75, 3.05) is 6.54 Å². The van der Waals surface area contributed by atoms with Crippen molar-refractivity contribution in [2.45, 2.75) is 36.5 Å². The molecule has 0 radical (unpaired) electrons. The van der Waals surface area contributed by atoms with Crippen LogP contribution >= 0.6 is 38.9 Å². The molecule has 104 valence electrons. The number of aliphatic hydroxyl groups is 1. The summed E-state index contributed by atoms with van der Waals surface area (Å²) in [6.45, 7) is 3.63. The quantitative estimate of drug-likeness (QED) is 0.802. The number of hydrogen-bond donors (Lipinski definition) is 2. The SMILES string of the molecule is CCC(O)(CC)CNS(=O)(=O)c1cc(Cl)c(Br)s1. The molecule has 0 fully saturated rings. The van der Waals surface area contributed by atoms with Crippen LogP contribution in [0.25, 0.3) is 0 Å². The molecule has 4 nitrogen and oxygen atoms in total. The molecular formula is C10H15BrClNO3S2. The summed E-state index contributed by atoms with van der Waals surface area (Å²) in [6.07, 6.45) is 0.974. The first-order valence-electron chi connectivity index (χ1n) is 5.41. The van der Waals surface area contributed by atoms with Gasteiger partial charge >= 0.3 is 0 Å². The van der Waals surface area contributed by atoms with E-state index in [1.54, 1.807) is 0 Å². The van der Waals surface area contributed by atoms with Crippen molar-refractivity contribution < 1.29 is 13.5 Å². The number of rotatable bonds is 6. The van der Waals surface area contributed by atoms with E-state index in [1.165, 1.54) is 6.07 Å². The Labute approximate surface area is 125 Å². The van der Waals surface area contributed by atoms with Crippen LogP contribution in [0.15, 0.2) is 14.1 Å². The molecule has 0 aliphatic carbocycles. The number of sulfonamides is 1. The number of halogens is 2. The van der Waals surface area contributed by atoms with Crippen LogP contribution in [0.2, 0.25) is 5.02 Å². The maximum Gasteiger partial charge on any atom is 0.250 e. The Morgan fingerprint density at radius 1 is 1.50 bits per heavy atom. The van der Waals surface area contributed by atoms with Gasteiger partial charge in [-0.3, -0.25) is 0 Å². The molecule has 1 rings (SSSR count). The molecule has 0 spiro atoms. The van der Waals surface area contributed by atoms with E-state index in [9.17, 15) is 13.5 Å². The van der Waals surface area contributed by atoms with Gasteiger partial charge < -0.3 is 5.11 Å². The highest BCUT2D eigenvalue weighted by atomic mass is 79.9. The first-order chi connectivity index (χ1) is 8.24. The van der Waals surface area contributed by atoms with Gasteiger partial charge in [-0.1, -0.05) is 25.4 Å². The van der Waals surface area contributed by atoms with Gasteiger partial charge in [0.05, 0.1) is 14.4 Å². The Morgan fingerprint density at radius 3 is 2.44 bits per heavy atom. The zero-order chi connectivity index (χ0) is 14.0. The number of nitrogens with one attached hydrogen (secondary N) is 1. The normalized spacial score (nSPS) is 12.9. The molecule has 8 heteroatoms. The largest absolute Gasteiger partial charge is 0.389 e. The highest BCUT2D eigenvalue weighted by Crippen LogP contribution is 2.34. The molecule has 0 saturated heterocycles. The Kier molecular flexibility index (Phi) is 5.64. The maximum atomic E-state index is 12.0. The Balaban J connectivity index is 2.83. The van der Waals surface area contributed by atoms with Gasteiger partial charge in [-0.2, -0.15) is 0 Å². The van der Waals surface area contributed by atoms with E-state index >= 15 is 0 Å². The predicted molar refractivity (Wildman–Crippen MR) is 77.7 cm³/mol. The fourth-order valence-electron chi connectivity index (χ4n) is 1.26. The lowest BCUT2D eigenvalue weighted by atomic mass is 9.98. The smallest absolute Gasteiger partial charge is 0.250 e. The van der Waals surface area contributed by atoms with E-state index in [0.29, 0.717) is 21.7 Å². The Morgan fingerprint density at radius 2 is 2.06 bits per heavy atom. The molecule has 0 aliphatic heterocycles. The summed E-state index contributed by atoms with van der Waals surface area (Å²) in [6, 6.07) is 1.38. The lowest BCUT2D eigenvalue weighted by Gasteiger charge is -2.25. The van der Waals surface area contributed by atoms with Crippen molar-refractivity contribution in [1.82, 2.24) is 4.72 Å². The number of thiophene rings is 1. The van der Waals surface area contributed by atoms with Crippen molar-refractivity contribution >= 4 is 48.9 Å². The summed E-state index contributed by atoms with van der Waals surface area (Å²) in [5.74, 6) is 0. The third-order valence-electron chi connectivity index (χ3n) is 2.79. The van der Waals surface area contributed by atoms with Gasteiger partial charge in [0, 0.05) is 6.54 Å². The summed E-state index contributed by atoms with van der Waals surface area (Å²) in [5.41, 5.74) is -1.01. The minimum atomic E-state index is -3.62. The standard InChI is InChI=1S/C10H15BrClNO3S2/c1-3-10(14,4-2)6-13-18(15,16)8-5-7(12)9(11)17-8/h5,13-14H,3-4,6H2,1-2H3. The maximum absolute atomic E-state index is 12.0. The molecule has 0 aromatic carbocycles. The topological polar surface area (TPSA) is 66.4 Å². The Hall–Kier alpha value is 0.340. The second-order valence-electron chi connectivity index (χ2n) is 3.94. The van der Waals surface area contributed by atoms with E-state index < -0.39 is 15.6 Å². The lowest BCUT2D eigenvalue weighted by Crippen LogP contribution is -2.41. The van der Waals surface area contributed by atoms with Crippen LogP contribution in [0, 0.1) is 0 Å². The monoisotopic (exact) mass is 375 g/mol. The van der Waals surface area contributed by atoms with Gasteiger partial charge in [-0.25, -0.2) is 13.1 Å². The van der Waals surface area contributed by atoms with E-state index in [4.69, 9.17) is 11.6 Å². The summed E-state index contributed by atoms with van der Waals surface area (Å²) in [5, 5.41) is 10.4. The van der Waals surface area contributed by atoms with Gasteiger partial charge in [0.25, 0.3) is 0 Å². The summed E-state index contributed by atoms with van der Waals surface area (Å²) >= 11 is 10.0. The first-order valence-corrected chi connectivity index (χ1v) is 8.88. The average molecular weight is 377 g/mol. The van der Waals surface area contributed by atoms with E-state index in [2.05, 4.69) is 20.7 Å². The first kappa shape index (κ1) is 16.4. The number of hydrogen-bond acceptors (Lipinski definition) is 4. The van der Waals surface area contributed by atoms with Gasteiger partial charge in [-0.15, -0.1) is 11.3 Å². The molecule has 1 heterocycles. The molecular weight excluding hydrogens is 362 g/mol. The molecule has 1 aromatic heterocycles. The van der Waals surface area contributed by atoms with Crippen LogP contribution in [0.4, 0.5) is 0 Å². The van der Waals surface area contributed by atoms with Crippen molar-refractivity contribution in [3.05, 3.63) is 14.9 Å². The zero-order valence-corrected chi connectivity index (χ0v) is 14.0. The fourth-order valence-corrected chi connectivity index (χ4v) is 4.82. The molecule has 1 aromatic rings. The van der Waals surface area contributed by atoms with Crippen LogP contribution in [0.1, 0.15) is 26.7 Å². The van der Waals surface area contributed by atoms with Crippen LogP contribution < -0.4 is 4.72 Å². The van der Waals surface area contributed by atoms with Gasteiger partial charge in [-0.05, 0) is 34.8 Å². The average Bonchev–Trinajstić information content (AvgIpc) is 2.68. The molecule has 2 N–H and O–H groups in total. The van der Waals surface area contributed by atoms with Crippen molar-refractivity contribution in [2.24, 2.45) is 0 Å². The minimum absolute atomic E-state index is 0.00449. The summed E-state index contributed by atoms with van der Waals surface area (Å²) in [4.78, 5) is 0. The summed E-state index contributed by atoms with van der Waals surface area (Å²) in [7, 11) is -3.62. The third-order valence-corrected chi connectivity index (χ3v) is 7.14. The molecule has 0 amide bonds. The van der Waals surface area contributed by atoms with Crippen molar-refractivity contribution in [3.63, 3.8) is 0 Å². The van der Waals surface area contributed by atoms with Gasteiger partial charge in [0.1, 0.15) is 4.21 Å². The Bertz CT molecular complexity index is 492. The molecule has 0 bridgehead atoms. The van der Waals surface area contributed by atoms with Crippen molar-refractivity contribution in [1.29, 1.82) is 0 Å². The fraction of sp³-hybridized carbons (Fsp3) is 0.600. The van der Waals surface area contributed by atoms with E-state index in [0.717, 1.165) is 11.3 Å². The van der Waals surface area contributed by atoms with E-state index in [1.807, 2.05) is 13.8 Å². The van der Waals surface area contributed by atoms with E-state index in [-0.39, 0.29) is 10.8 Å². The summed E-state index contributed by atoms with van der Waals surface area (Å²) < 4.78 is 27.1. The minimum Gasteiger partial charge on any atom is -0.389 e.